The van der Waals surface area contributed by atoms with Crippen LogP contribution in [0.25, 0.3) is 10.9 Å². The van der Waals surface area contributed by atoms with Gasteiger partial charge in [-0.25, -0.2) is 0 Å². The highest BCUT2D eigenvalue weighted by Crippen LogP contribution is 2.21. The minimum atomic E-state index is 0.173. The molecule has 2 N–H and O–H groups in total. The van der Waals surface area contributed by atoms with Crippen molar-refractivity contribution in [2.45, 2.75) is 13.0 Å². The van der Waals surface area contributed by atoms with Gasteiger partial charge in [-0.2, -0.15) is 0 Å². The van der Waals surface area contributed by atoms with E-state index in [9.17, 15) is 4.79 Å². The van der Waals surface area contributed by atoms with Crippen LogP contribution in [0.5, 0.6) is 0 Å². The van der Waals surface area contributed by atoms with Gasteiger partial charge in [-0.05, 0) is 41.0 Å². The van der Waals surface area contributed by atoms with Crippen molar-refractivity contribution >= 4 is 26.8 Å². The number of aromatic amines is 1. The van der Waals surface area contributed by atoms with Crippen molar-refractivity contribution in [3.63, 3.8) is 0 Å². The Balaban J connectivity index is 2.44. The topological polar surface area (TPSA) is 44.9 Å². The number of hydrogen-bond acceptors (Lipinski definition) is 2. The van der Waals surface area contributed by atoms with Gasteiger partial charge in [-0.3, -0.25) is 4.79 Å². The molecular formula is C12H11BrN2O. The van der Waals surface area contributed by atoms with Gasteiger partial charge >= 0.3 is 0 Å². The van der Waals surface area contributed by atoms with Gasteiger partial charge in [0.25, 0.3) is 0 Å². The molecule has 0 unspecified atom stereocenters. The van der Waals surface area contributed by atoms with Crippen molar-refractivity contribution in [3.05, 3.63) is 44.2 Å². The molecule has 1 aromatic heterocycles. The molecule has 0 aliphatic carbocycles. The number of halogens is 1. The Bertz CT molecular complexity index is 618. The fraction of sp³-hybridized carbons (Fsp3) is 0.250. The smallest absolute Gasteiger partial charge is 0.192 e. The van der Waals surface area contributed by atoms with Crippen LogP contribution in [0, 0.1) is 0 Å². The molecule has 1 aromatic carbocycles. The second kappa shape index (κ2) is 3.71. The molecule has 0 atom stereocenters. The zero-order valence-corrected chi connectivity index (χ0v) is 10.2. The summed E-state index contributed by atoms with van der Waals surface area (Å²) in [6.45, 7) is 1.64. The lowest BCUT2D eigenvalue weighted by Gasteiger charge is -2.17. The number of hydrogen-bond donors (Lipinski definition) is 2. The third-order valence-electron chi connectivity index (χ3n) is 3.03. The lowest BCUT2D eigenvalue weighted by molar-refractivity contribution is 0.627. The maximum Gasteiger partial charge on any atom is 0.192 e. The van der Waals surface area contributed by atoms with E-state index in [0.29, 0.717) is 0 Å². The highest BCUT2D eigenvalue weighted by molar-refractivity contribution is 9.10. The summed E-state index contributed by atoms with van der Waals surface area (Å²) in [4.78, 5) is 15.6. The van der Waals surface area contributed by atoms with E-state index in [1.54, 1.807) is 0 Å². The number of aromatic nitrogens is 1. The van der Waals surface area contributed by atoms with Crippen LogP contribution in [0.3, 0.4) is 0 Å². The molecule has 0 amide bonds. The van der Waals surface area contributed by atoms with Crippen LogP contribution in [0.2, 0.25) is 0 Å². The van der Waals surface area contributed by atoms with Crippen molar-refractivity contribution in [2.75, 3.05) is 6.54 Å². The molecule has 1 aliphatic heterocycles. The van der Waals surface area contributed by atoms with E-state index in [0.717, 1.165) is 46.1 Å². The van der Waals surface area contributed by atoms with Gasteiger partial charge in [0.15, 0.2) is 5.43 Å². The van der Waals surface area contributed by atoms with Gasteiger partial charge < -0.3 is 10.3 Å². The van der Waals surface area contributed by atoms with E-state index >= 15 is 0 Å². The Morgan fingerprint density at radius 3 is 3.06 bits per heavy atom. The minimum absolute atomic E-state index is 0.173. The van der Waals surface area contributed by atoms with Crippen LogP contribution in [-0.4, -0.2) is 11.5 Å². The number of rotatable bonds is 0. The Morgan fingerprint density at radius 2 is 2.19 bits per heavy atom. The number of H-pyrrole nitrogens is 1. The molecular weight excluding hydrogens is 268 g/mol. The maximum atomic E-state index is 12.3. The molecule has 0 spiro atoms. The van der Waals surface area contributed by atoms with Crippen molar-refractivity contribution < 1.29 is 0 Å². The summed E-state index contributed by atoms with van der Waals surface area (Å²) in [5.41, 5.74) is 3.03. The molecule has 4 heteroatoms. The Kier molecular flexibility index (Phi) is 2.33. The van der Waals surface area contributed by atoms with Crippen molar-refractivity contribution in [1.29, 1.82) is 0 Å². The van der Waals surface area contributed by atoms with E-state index in [-0.39, 0.29) is 5.43 Å². The van der Waals surface area contributed by atoms with Crippen LogP contribution in [0.15, 0.2) is 27.5 Å². The number of para-hydroxylation sites is 1. The summed E-state index contributed by atoms with van der Waals surface area (Å²) in [7, 11) is 0. The largest absolute Gasteiger partial charge is 0.356 e. The molecule has 1 aliphatic rings. The first-order chi connectivity index (χ1) is 7.77. The third-order valence-corrected chi connectivity index (χ3v) is 3.69. The summed E-state index contributed by atoms with van der Waals surface area (Å²) in [5, 5.41) is 4.04. The highest BCUT2D eigenvalue weighted by atomic mass is 79.9. The summed E-state index contributed by atoms with van der Waals surface area (Å²) in [5.74, 6) is 0. The molecule has 0 saturated carbocycles. The quantitative estimate of drug-likeness (QED) is 0.774. The highest BCUT2D eigenvalue weighted by Gasteiger charge is 2.15. The molecule has 0 saturated heterocycles. The third kappa shape index (κ3) is 1.41. The number of fused-ring (bicyclic) bond motifs is 2. The first-order valence-electron chi connectivity index (χ1n) is 5.30. The predicted molar refractivity (Wildman–Crippen MR) is 67.7 cm³/mol. The average molecular weight is 279 g/mol. The summed E-state index contributed by atoms with van der Waals surface area (Å²) >= 11 is 3.47. The van der Waals surface area contributed by atoms with Gasteiger partial charge in [0, 0.05) is 27.7 Å². The second-order valence-electron chi connectivity index (χ2n) is 4.00. The summed E-state index contributed by atoms with van der Waals surface area (Å²) < 4.78 is 0.940. The van der Waals surface area contributed by atoms with E-state index in [1.165, 1.54) is 0 Å². The molecule has 16 heavy (non-hydrogen) atoms. The Labute approximate surface area is 101 Å². The zero-order valence-electron chi connectivity index (χ0n) is 8.64. The Hall–Kier alpha value is -1.13. The lowest BCUT2D eigenvalue weighted by Crippen LogP contribution is -2.29. The van der Waals surface area contributed by atoms with Crippen LogP contribution in [0.1, 0.15) is 11.3 Å². The lowest BCUT2D eigenvalue weighted by atomic mass is 10.0. The van der Waals surface area contributed by atoms with Gasteiger partial charge in [0.05, 0.1) is 5.52 Å². The van der Waals surface area contributed by atoms with Crippen LogP contribution in [-0.2, 0) is 13.0 Å². The summed E-state index contributed by atoms with van der Waals surface area (Å²) in [6.07, 6.45) is 0.813. The van der Waals surface area contributed by atoms with Crippen molar-refractivity contribution in [3.8, 4) is 0 Å². The average Bonchev–Trinajstić information content (AvgIpc) is 2.31. The molecule has 2 heterocycles. The molecule has 0 radical (unpaired) electrons. The molecule has 3 rings (SSSR count). The predicted octanol–water partition coefficient (Wildman–Crippen LogP) is 1.94. The standard InChI is InChI=1S/C12H11BrN2O/c13-9-3-1-2-8-11(9)15-10-6-14-5-4-7(10)12(8)16/h1-3,14H,4-6H2,(H,15,16). The zero-order chi connectivity index (χ0) is 11.1. The van der Waals surface area contributed by atoms with Gasteiger partial charge in [-0.1, -0.05) is 6.07 Å². The first-order valence-corrected chi connectivity index (χ1v) is 6.09. The van der Waals surface area contributed by atoms with Gasteiger partial charge in [0.1, 0.15) is 0 Å². The van der Waals surface area contributed by atoms with E-state index in [2.05, 4.69) is 26.2 Å². The van der Waals surface area contributed by atoms with Crippen LogP contribution in [0.4, 0.5) is 0 Å². The molecule has 0 fully saturated rings. The van der Waals surface area contributed by atoms with Crippen molar-refractivity contribution in [2.24, 2.45) is 0 Å². The molecule has 2 aromatic rings. The van der Waals surface area contributed by atoms with E-state index in [4.69, 9.17) is 0 Å². The minimum Gasteiger partial charge on any atom is -0.356 e. The fourth-order valence-corrected chi connectivity index (χ4v) is 2.67. The second-order valence-corrected chi connectivity index (χ2v) is 4.85. The van der Waals surface area contributed by atoms with Crippen LogP contribution < -0.4 is 10.7 Å². The summed E-state index contributed by atoms with van der Waals surface area (Å²) in [6, 6.07) is 5.72. The van der Waals surface area contributed by atoms with Gasteiger partial charge in [0.2, 0.25) is 0 Å². The van der Waals surface area contributed by atoms with E-state index in [1.807, 2.05) is 18.2 Å². The number of nitrogens with one attached hydrogen (secondary N) is 2. The van der Waals surface area contributed by atoms with Crippen LogP contribution >= 0.6 is 15.9 Å². The Morgan fingerprint density at radius 1 is 1.31 bits per heavy atom. The number of pyridine rings is 1. The molecule has 3 nitrogen and oxygen atoms in total. The maximum absolute atomic E-state index is 12.3. The monoisotopic (exact) mass is 278 g/mol. The fourth-order valence-electron chi connectivity index (χ4n) is 2.21. The molecule has 82 valence electrons. The normalized spacial score (nSPS) is 15.1. The SMILES string of the molecule is O=c1c2c([nH]c3c(Br)cccc13)CNCC2. The van der Waals surface area contributed by atoms with Crippen molar-refractivity contribution in [1.82, 2.24) is 10.3 Å². The van der Waals surface area contributed by atoms with E-state index < -0.39 is 0 Å². The first kappa shape index (κ1) is 10.1. The number of benzene rings is 1. The van der Waals surface area contributed by atoms with Gasteiger partial charge in [-0.15, -0.1) is 0 Å². The molecule has 0 bridgehead atoms.